The number of nitrogens with zero attached hydrogens (tertiary/aromatic N) is 1. The van der Waals surface area contributed by atoms with Crippen LogP contribution in [0.25, 0.3) is 0 Å². The fourth-order valence-electron chi connectivity index (χ4n) is 2.62. The highest BCUT2D eigenvalue weighted by Crippen LogP contribution is 2.20. The van der Waals surface area contributed by atoms with Crippen molar-refractivity contribution >= 4 is 11.9 Å². The van der Waals surface area contributed by atoms with Gasteiger partial charge in [-0.05, 0) is 31.2 Å². The highest BCUT2D eigenvalue weighted by Gasteiger charge is 2.25. The topological polar surface area (TPSA) is 57.6 Å². The van der Waals surface area contributed by atoms with E-state index < -0.39 is 5.97 Å². The van der Waals surface area contributed by atoms with Gasteiger partial charge in [-0.25, -0.2) is 0 Å². The van der Waals surface area contributed by atoms with Gasteiger partial charge in [-0.15, -0.1) is 0 Å². The highest BCUT2D eigenvalue weighted by atomic mass is 16.4. The Morgan fingerprint density at radius 3 is 2.57 bits per heavy atom. The average molecular weight is 287 g/mol. The van der Waals surface area contributed by atoms with E-state index in [1.165, 1.54) is 4.90 Å². The molecule has 1 aromatic carbocycles. The molecule has 1 amide bonds. The van der Waals surface area contributed by atoms with Gasteiger partial charge in [-0.3, -0.25) is 9.59 Å². The number of carboxylic acid groups (broad SMARTS) is 1. The van der Waals surface area contributed by atoms with E-state index in [1.807, 2.05) is 36.4 Å². The van der Waals surface area contributed by atoms with Crippen molar-refractivity contribution in [2.45, 2.75) is 25.7 Å². The first-order valence-corrected chi connectivity index (χ1v) is 7.36. The number of benzene rings is 1. The van der Waals surface area contributed by atoms with Crippen LogP contribution < -0.4 is 0 Å². The van der Waals surface area contributed by atoms with Crippen LogP contribution in [0.5, 0.6) is 0 Å². The van der Waals surface area contributed by atoms with E-state index in [0.29, 0.717) is 13.0 Å². The Hall–Kier alpha value is -2.10. The predicted octanol–water partition coefficient (Wildman–Crippen LogP) is 2.50. The first-order chi connectivity index (χ1) is 10.2. The van der Waals surface area contributed by atoms with Crippen molar-refractivity contribution in [3.8, 4) is 0 Å². The van der Waals surface area contributed by atoms with Crippen molar-refractivity contribution in [1.29, 1.82) is 0 Å². The standard InChI is InChI=1S/C17H21NO3/c19-16(20)13-18(12-11-14-7-3-1-4-8-14)17(21)15-9-5-2-6-10-15/h1-5,7-8,15H,6,9-13H2,(H,19,20). The molecule has 112 valence electrons. The van der Waals surface area contributed by atoms with Gasteiger partial charge < -0.3 is 10.0 Å². The first-order valence-electron chi connectivity index (χ1n) is 7.36. The SMILES string of the molecule is O=C(O)CN(CCc1ccccc1)C(=O)C1CC=CCC1. The number of hydrogen-bond acceptors (Lipinski definition) is 2. The first kappa shape index (κ1) is 15.3. The minimum atomic E-state index is -0.956. The summed E-state index contributed by atoms with van der Waals surface area (Å²) in [6.07, 6.45) is 7.22. The highest BCUT2D eigenvalue weighted by molar-refractivity contribution is 5.83. The van der Waals surface area contributed by atoms with Gasteiger partial charge >= 0.3 is 5.97 Å². The van der Waals surface area contributed by atoms with Crippen molar-refractivity contribution in [3.63, 3.8) is 0 Å². The number of rotatable bonds is 6. The molecule has 21 heavy (non-hydrogen) atoms. The Bertz CT molecular complexity index is 510. The van der Waals surface area contributed by atoms with Gasteiger partial charge in [0.15, 0.2) is 0 Å². The summed E-state index contributed by atoms with van der Waals surface area (Å²) in [4.78, 5) is 25.0. The third kappa shape index (κ3) is 4.74. The van der Waals surface area contributed by atoms with Crippen molar-refractivity contribution in [2.24, 2.45) is 5.92 Å². The zero-order valence-corrected chi connectivity index (χ0v) is 12.1. The summed E-state index contributed by atoms with van der Waals surface area (Å²) in [6, 6.07) is 9.83. The molecule has 0 fully saturated rings. The molecule has 0 saturated heterocycles. The maximum absolute atomic E-state index is 12.5. The van der Waals surface area contributed by atoms with Crippen molar-refractivity contribution in [1.82, 2.24) is 4.90 Å². The van der Waals surface area contributed by atoms with Gasteiger partial charge in [-0.2, -0.15) is 0 Å². The molecule has 0 aromatic heterocycles. The molecular formula is C17H21NO3. The molecule has 2 rings (SSSR count). The maximum atomic E-state index is 12.5. The average Bonchev–Trinajstić information content (AvgIpc) is 2.52. The van der Waals surface area contributed by atoms with E-state index in [0.717, 1.165) is 24.8 Å². The number of aliphatic carboxylic acids is 1. The molecule has 1 N–H and O–H groups in total. The van der Waals surface area contributed by atoms with Crippen LogP contribution in [0.3, 0.4) is 0 Å². The van der Waals surface area contributed by atoms with E-state index >= 15 is 0 Å². The summed E-state index contributed by atoms with van der Waals surface area (Å²) in [5.41, 5.74) is 1.12. The van der Waals surface area contributed by atoms with Crippen LogP contribution in [-0.2, 0) is 16.0 Å². The van der Waals surface area contributed by atoms with Gasteiger partial charge in [0, 0.05) is 12.5 Å². The smallest absolute Gasteiger partial charge is 0.323 e. The van der Waals surface area contributed by atoms with Gasteiger partial charge in [0.25, 0.3) is 0 Å². The largest absolute Gasteiger partial charge is 0.480 e. The number of allylic oxidation sites excluding steroid dienone is 2. The van der Waals surface area contributed by atoms with Crippen LogP contribution in [0, 0.1) is 5.92 Å². The molecule has 0 heterocycles. The Morgan fingerprint density at radius 2 is 1.95 bits per heavy atom. The summed E-state index contributed by atoms with van der Waals surface area (Å²) in [7, 11) is 0. The van der Waals surface area contributed by atoms with Gasteiger partial charge in [-0.1, -0.05) is 42.5 Å². The number of carbonyl (C=O) groups excluding carboxylic acids is 1. The van der Waals surface area contributed by atoms with Crippen molar-refractivity contribution in [3.05, 3.63) is 48.0 Å². The Labute approximate surface area is 125 Å². The molecule has 0 radical (unpaired) electrons. The van der Waals surface area contributed by atoms with Gasteiger partial charge in [0.2, 0.25) is 5.91 Å². The molecular weight excluding hydrogens is 266 g/mol. The lowest BCUT2D eigenvalue weighted by Crippen LogP contribution is -2.41. The fourth-order valence-corrected chi connectivity index (χ4v) is 2.62. The number of hydrogen-bond donors (Lipinski definition) is 1. The second-order valence-corrected chi connectivity index (χ2v) is 5.37. The fraction of sp³-hybridized carbons (Fsp3) is 0.412. The van der Waals surface area contributed by atoms with E-state index in [4.69, 9.17) is 5.11 Å². The summed E-state index contributed by atoms with van der Waals surface area (Å²) in [6.45, 7) is 0.237. The number of amides is 1. The molecule has 4 heteroatoms. The van der Waals surface area contributed by atoms with E-state index in [9.17, 15) is 9.59 Å². The van der Waals surface area contributed by atoms with Crippen LogP contribution in [0.4, 0.5) is 0 Å². The van der Waals surface area contributed by atoms with Crippen molar-refractivity contribution < 1.29 is 14.7 Å². The second-order valence-electron chi connectivity index (χ2n) is 5.37. The Kier molecular flexibility index (Phi) is 5.55. The quantitative estimate of drug-likeness (QED) is 0.818. The molecule has 0 aliphatic heterocycles. The molecule has 4 nitrogen and oxygen atoms in total. The summed E-state index contributed by atoms with van der Waals surface area (Å²) in [5, 5.41) is 9.02. The van der Waals surface area contributed by atoms with Crippen molar-refractivity contribution in [2.75, 3.05) is 13.1 Å². The third-order valence-electron chi connectivity index (χ3n) is 3.77. The number of carboxylic acids is 1. The zero-order chi connectivity index (χ0) is 15.1. The molecule has 1 unspecified atom stereocenters. The van der Waals surface area contributed by atoms with Crippen LogP contribution in [0.2, 0.25) is 0 Å². The third-order valence-corrected chi connectivity index (χ3v) is 3.77. The molecule has 1 aliphatic rings. The lowest BCUT2D eigenvalue weighted by molar-refractivity contribution is -0.146. The van der Waals surface area contributed by atoms with E-state index in [-0.39, 0.29) is 18.4 Å². The van der Waals surface area contributed by atoms with Crippen LogP contribution in [0.15, 0.2) is 42.5 Å². The van der Waals surface area contributed by atoms with Crippen LogP contribution in [0.1, 0.15) is 24.8 Å². The summed E-state index contributed by atoms with van der Waals surface area (Å²) in [5.74, 6) is -1.05. The Morgan fingerprint density at radius 1 is 1.19 bits per heavy atom. The number of carbonyl (C=O) groups is 2. The molecule has 1 aromatic rings. The summed E-state index contributed by atoms with van der Waals surface area (Å²) < 4.78 is 0. The maximum Gasteiger partial charge on any atom is 0.323 e. The lowest BCUT2D eigenvalue weighted by atomic mass is 9.93. The molecule has 0 saturated carbocycles. The zero-order valence-electron chi connectivity index (χ0n) is 12.1. The normalized spacial score (nSPS) is 17.4. The monoisotopic (exact) mass is 287 g/mol. The molecule has 0 bridgehead atoms. The van der Waals surface area contributed by atoms with Crippen LogP contribution in [-0.4, -0.2) is 35.0 Å². The minimum Gasteiger partial charge on any atom is -0.480 e. The van der Waals surface area contributed by atoms with E-state index in [1.54, 1.807) is 0 Å². The molecule has 0 spiro atoms. The van der Waals surface area contributed by atoms with Gasteiger partial charge in [0.1, 0.15) is 6.54 Å². The molecule has 1 atom stereocenters. The second kappa shape index (κ2) is 7.62. The van der Waals surface area contributed by atoms with E-state index in [2.05, 4.69) is 6.08 Å². The minimum absolute atomic E-state index is 0.0299. The lowest BCUT2D eigenvalue weighted by Gasteiger charge is -2.26. The Balaban J connectivity index is 1.98. The van der Waals surface area contributed by atoms with Crippen LogP contribution >= 0.6 is 0 Å². The molecule has 1 aliphatic carbocycles. The summed E-state index contributed by atoms with van der Waals surface area (Å²) >= 11 is 0. The predicted molar refractivity (Wildman–Crippen MR) is 80.8 cm³/mol. The van der Waals surface area contributed by atoms with Gasteiger partial charge in [0.05, 0.1) is 0 Å².